The predicted octanol–water partition coefficient (Wildman–Crippen LogP) is 13.3. The Hall–Kier alpha value is -7.63. The van der Waals surface area contributed by atoms with Crippen molar-refractivity contribution >= 4 is 60.0 Å². The van der Waals surface area contributed by atoms with Gasteiger partial charge in [0.2, 0.25) is 0 Å². The molecule has 0 aliphatic heterocycles. The number of hydrogen-bond donors (Lipinski definition) is 0. The number of nitrogens with zero attached hydrogens (tertiary/aromatic N) is 4. The highest BCUT2D eigenvalue weighted by molar-refractivity contribution is 6.26. The largest absolute Gasteiger partial charge is 0.456 e. The molecule has 8 aromatic carbocycles. The standard InChI is InChI=1S/C51H30N4O/c1-3-12-31(13-4-1)32-24-26-34(27-25-32)50-52-49(33-14-5-2-6-15-33)53-51(54-50)36-17-9-16-35(28-36)37-19-11-23-45-47(37)42-29-44-41(30-46(42)56-45)40-21-10-20-39-38-18-7-8-22-43(38)55(44)48(39)40/h1-30H. The SMILES string of the molecule is c1ccc(-c2ccc(-c3nc(-c4ccccc4)nc(-c4cccc(-c5cccc6oc7cc8c9cccc%10c%11ccccc%11n(c8cc7c56)c%109)c4)n3)cc2)cc1. The molecular weight excluding hydrogens is 685 g/mol. The van der Waals surface area contributed by atoms with Gasteiger partial charge in [-0.05, 0) is 52.6 Å². The highest BCUT2D eigenvalue weighted by Crippen LogP contribution is 2.44. The summed E-state index contributed by atoms with van der Waals surface area (Å²) in [5.41, 5.74) is 12.6. The van der Waals surface area contributed by atoms with Crippen LogP contribution < -0.4 is 0 Å². The number of benzene rings is 8. The summed E-state index contributed by atoms with van der Waals surface area (Å²) in [4.78, 5) is 15.1. The third kappa shape index (κ3) is 4.64. The van der Waals surface area contributed by atoms with Crippen LogP contribution in [0.2, 0.25) is 0 Å². The Morgan fingerprint density at radius 1 is 0.339 bits per heavy atom. The van der Waals surface area contributed by atoms with Crippen molar-refractivity contribution in [1.29, 1.82) is 0 Å². The van der Waals surface area contributed by atoms with Crippen molar-refractivity contribution in [2.75, 3.05) is 0 Å². The Labute approximate surface area is 321 Å². The van der Waals surface area contributed by atoms with Crippen LogP contribution >= 0.6 is 0 Å². The summed E-state index contributed by atoms with van der Waals surface area (Å²) in [7, 11) is 0. The van der Waals surface area contributed by atoms with Gasteiger partial charge in [-0.1, -0.05) is 152 Å². The van der Waals surface area contributed by atoms with Gasteiger partial charge >= 0.3 is 0 Å². The van der Waals surface area contributed by atoms with Crippen LogP contribution in [0.1, 0.15) is 0 Å². The smallest absolute Gasteiger partial charge is 0.164 e. The molecule has 0 saturated carbocycles. The molecule has 12 rings (SSSR count). The zero-order valence-electron chi connectivity index (χ0n) is 30.0. The first-order valence-corrected chi connectivity index (χ1v) is 18.9. The van der Waals surface area contributed by atoms with E-state index in [4.69, 9.17) is 19.4 Å². The van der Waals surface area contributed by atoms with Crippen molar-refractivity contribution in [2.45, 2.75) is 0 Å². The Morgan fingerprint density at radius 3 is 1.68 bits per heavy atom. The minimum absolute atomic E-state index is 0.617. The first-order chi connectivity index (χ1) is 27.7. The zero-order chi connectivity index (χ0) is 36.7. The van der Waals surface area contributed by atoms with Gasteiger partial charge in [0.25, 0.3) is 0 Å². The number of hydrogen-bond acceptors (Lipinski definition) is 4. The highest BCUT2D eigenvalue weighted by atomic mass is 16.3. The van der Waals surface area contributed by atoms with Crippen LogP contribution in [0.4, 0.5) is 0 Å². The van der Waals surface area contributed by atoms with Crippen LogP contribution in [0.25, 0.3) is 116 Å². The highest BCUT2D eigenvalue weighted by Gasteiger charge is 2.21. The molecule has 0 amide bonds. The molecule has 0 radical (unpaired) electrons. The van der Waals surface area contributed by atoms with E-state index in [9.17, 15) is 0 Å². The van der Waals surface area contributed by atoms with E-state index in [0.29, 0.717) is 17.5 Å². The average Bonchev–Trinajstić information content (AvgIpc) is 3.93. The monoisotopic (exact) mass is 714 g/mol. The maximum absolute atomic E-state index is 6.64. The number of rotatable bonds is 5. The van der Waals surface area contributed by atoms with Crippen molar-refractivity contribution in [2.24, 2.45) is 0 Å². The maximum atomic E-state index is 6.64. The van der Waals surface area contributed by atoms with Gasteiger partial charge in [0.1, 0.15) is 11.2 Å². The molecule has 0 aliphatic carbocycles. The second-order valence-corrected chi connectivity index (χ2v) is 14.4. The molecule has 0 spiro atoms. The molecule has 5 nitrogen and oxygen atoms in total. The topological polar surface area (TPSA) is 56.2 Å². The average molecular weight is 715 g/mol. The fourth-order valence-corrected chi connectivity index (χ4v) is 8.61. The Kier molecular flexibility index (Phi) is 6.56. The van der Waals surface area contributed by atoms with Crippen LogP contribution in [0, 0.1) is 0 Å². The van der Waals surface area contributed by atoms with E-state index < -0.39 is 0 Å². The molecule has 0 fully saturated rings. The lowest BCUT2D eigenvalue weighted by Gasteiger charge is -2.10. The third-order valence-electron chi connectivity index (χ3n) is 11.2. The van der Waals surface area contributed by atoms with Gasteiger partial charge in [-0.25, -0.2) is 15.0 Å². The molecule has 0 saturated heterocycles. The molecule has 0 bridgehead atoms. The number of aromatic nitrogens is 4. The van der Waals surface area contributed by atoms with E-state index in [0.717, 1.165) is 55.3 Å². The van der Waals surface area contributed by atoms with E-state index in [-0.39, 0.29) is 0 Å². The van der Waals surface area contributed by atoms with Gasteiger partial charge in [0.05, 0.1) is 16.6 Å². The summed E-state index contributed by atoms with van der Waals surface area (Å²) in [6, 6.07) is 63.6. The van der Waals surface area contributed by atoms with Crippen LogP contribution in [-0.2, 0) is 0 Å². The van der Waals surface area contributed by atoms with E-state index >= 15 is 0 Å². The summed E-state index contributed by atoms with van der Waals surface area (Å²) in [6.45, 7) is 0. The number of furan rings is 1. The normalized spacial score (nSPS) is 11.9. The molecule has 0 unspecified atom stereocenters. The van der Waals surface area contributed by atoms with Gasteiger partial charge in [0.15, 0.2) is 17.5 Å². The predicted molar refractivity (Wildman–Crippen MR) is 229 cm³/mol. The molecular formula is C51H30N4O. The summed E-state index contributed by atoms with van der Waals surface area (Å²) in [5.74, 6) is 1.88. The lowest BCUT2D eigenvalue weighted by molar-refractivity contribution is 0.669. The van der Waals surface area contributed by atoms with Gasteiger partial charge < -0.3 is 8.82 Å². The molecule has 4 aromatic heterocycles. The van der Waals surface area contributed by atoms with E-state index in [2.05, 4.69) is 150 Å². The molecule has 0 atom stereocenters. The van der Waals surface area contributed by atoms with Crippen LogP contribution in [-0.4, -0.2) is 19.4 Å². The Balaban J connectivity index is 1.02. The molecule has 0 aliphatic rings. The fraction of sp³-hybridized carbons (Fsp3) is 0. The lowest BCUT2D eigenvalue weighted by Crippen LogP contribution is -2.00. The van der Waals surface area contributed by atoms with Gasteiger partial charge in [-0.15, -0.1) is 0 Å². The minimum Gasteiger partial charge on any atom is -0.456 e. The quantitative estimate of drug-likeness (QED) is 0.178. The second-order valence-electron chi connectivity index (χ2n) is 14.4. The van der Waals surface area contributed by atoms with Crippen molar-refractivity contribution in [3.8, 4) is 56.4 Å². The van der Waals surface area contributed by atoms with Crippen LogP contribution in [0.5, 0.6) is 0 Å². The van der Waals surface area contributed by atoms with Gasteiger partial charge in [-0.3, -0.25) is 0 Å². The zero-order valence-corrected chi connectivity index (χ0v) is 30.0. The molecule has 5 heteroatoms. The van der Waals surface area contributed by atoms with Crippen molar-refractivity contribution in [3.63, 3.8) is 0 Å². The van der Waals surface area contributed by atoms with E-state index in [1.54, 1.807) is 0 Å². The molecule has 4 heterocycles. The van der Waals surface area contributed by atoms with Crippen LogP contribution in [0.3, 0.4) is 0 Å². The Morgan fingerprint density at radius 2 is 0.893 bits per heavy atom. The van der Waals surface area contributed by atoms with Gasteiger partial charge in [-0.2, -0.15) is 0 Å². The lowest BCUT2D eigenvalue weighted by atomic mass is 9.97. The van der Waals surface area contributed by atoms with Crippen molar-refractivity contribution in [1.82, 2.24) is 19.4 Å². The summed E-state index contributed by atoms with van der Waals surface area (Å²) in [5, 5.41) is 7.15. The fourth-order valence-electron chi connectivity index (χ4n) is 8.61. The first kappa shape index (κ1) is 30.8. The third-order valence-corrected chi connectivity index (χ3v) is 11.2. The number of fused-ring (bicyclic) bond motifs is 9. The van der Waals surface area contributed by atoms with E-state index in [1.807, 2.05) is 36.4 Å². The van der Waals surface area contributed by atoms with Crippen molar-refractivity contribution in [3.05, 3.63) is 182 Å². The summed E-state index contributed by atoms with van der Waals surface area (Å²) < 4.78 is 9.06. The maximum Gasteiger partial charge on any atom is 0.164 e. The van der Waals surface area contributed by atoms with Crippen LogP contribution in [0.15, 0.2) is 186 Å². The second kappa shape index (κ2) is 11.9. The summed E-state index contributed by atoms with van der Waals surface area (Å²) in [6.07, 6.45) is 0. The number of para-hydroxylation sites is 2. The Bertz CT molecular complexity index is 3460. The van der Waals surface area contributed by atoms with Gasteiger partial charge in [0, 0.05) is 49.0 Å². The van der Waals surface area contributed by atoms with E-state index in [1.165, 1.54) is 43.7 Å². The summed E-state index contributed by atoms with van der Waals surface area (Å²) >= 11 is 0. The minimum atomic E-state index is 0.617. The molecule has 0 N–H and O–H groups in total. The first-order valence-electron chi connectivity index (χ1n) is 18.9. The van der Waals surface area contributed by atoms with Crippen molar-refractivity contribution < 1.29 is 4.42 Å². The molecule has 56 heavy (non-hydrogen) atoms. The molecule has 260 valence electrons. The molecule has 12 aromatic rings.